The molecule has 1 unspecified atom stereocenters. The van der Waals surface area contributed by atoms with Gasteiger partial charge >= 0.3 is 0 Å². The fraction of sp³-hybridized carbons (Fsp3) is 0.667. The average Bonchev–Trinajstić information content (AvgIpc) is 2.49. The predicted molar refractivity (Wildman–Crippen MR) is 88.7 cm³/mol. The fourth-order valence-electron chi connectivity index (χ4n) is 2.11. The fourth-order valence-corrected chi connectivity index (χ4v) is 2.11. The summed E-state index contributed by atoms with van der Waals surface area (Å²) in [4.78, 5) is 0. The SMILES string of the molecule is CCCCOCCCNCC(O)c1ccc(C(C)C)cc1. The lowest BCUT2D eigenvalue weighted by Gasteiger charge is -2.13. The molecule has 3 heteroatoms. The van der Waals surface area contributed by atoms with E-state index < -0.39 is 6.10 Å². The van der Waals surface area contributed by atoms with E-state index in [9.17, 15) is 5.11 Å². The van der Waals surface area contributed by atoms with Crippen molar-refractivity contribution in [3.05, 3.63) is 35.4 Å². The van der Waals surface area contributed by atoms with Gasteiger partial charge in [0.25, 0.3) is 0 Å². The molecule has 1 rings (SSSR count). The first kappa shape index (κ1) is 18.1. The predicted octanol–water partition coefficient (Wildman–Crippen LogP) is 3.64. The van der Waals surface area contributed by atoms with Crippen LogP contribution in [-0.2, 0) is 4.74 Å². The van der Waals surface area contributed by atoms with E-state index in [0.29, 0.717) is 12.5 Å². The number of hydrogen-bond donors (Lipinski definition) is 2. The third kappa shape index (κ3) is 7.60. The highest BCUT2D eigenvalue weighted by atomic mass is 16.5. The number of aliphatic hydroxyl groups is 1. The van der Waals surface area contributed by atoms with E-state index in [1.54, 1.807) is 0 Å². The second kappa shape index (κ2) is 10.8. The van der Waals surface area contributed by atoms with Gasteiger partial charge in [0, 0.05) is 19.8 Å². The van der Waals surface area contributed by atoms with Gasteiger partial charge in [-0.3, -0.25) is 0 Å². The van der Waals surface area contributed by atoms with E-state index in [1.165, 1.54) is 12.0 Å². The summed E-state index contributed by atoms with van der Waals surface area (Å²) in [6.07, 6.45) is 2.87. The van der Waals surface area contributed by atoms with E-state index in [1.807, 2.05) is 12.1 Å². The molecule has 0 aromatic heterocycles. The molecule has 0 saturated carbocycles. The number of ether oxygens (including phenoxy) is 1. The summed E-state index contributed by atoms with van der Waals surface area (Å²) in [7, 11) is 0. The standard InChI is InChI=1S/C18H31NO2/c1-4-5-12-21-13-6-11-19-14-18(20)17-9-7-16(8-10-17)15(2)3/h7-10,15,18-20H,4-6,11-14H2,1-3H3. The van der Waals surface area contributed by atoms with Crippen molar-refractivity contribution < 1.29 is 9.84 Å². The van der Waals surface area contributed by atoms with Gasteiger partial charge in [0.1, 0.15) is 0 Å². The van der Waals surface area contributed by atoms with Gasteiger partial charge in [0.05, 0.1) is 6.10 Å². The maximum absolute atomic E-state index is 10.1. The average molecular weight is 293 g/mol. The Balaban J connectivity index is 2.14. The molecule has 0 aliphatic rings. The number of rotatable bonds is 11. The monoisotopic (exact) mass is 293 g/mol. The minimum atomic E-state index is -0.438. The Morgan fingerprint density at radius 3 is 2.29 bits per heavy atom. The maximum Gasteiger partial charge on any atom is 0.0914 e. The molecule has 1 aromatic carbocycles. The van der Waals surface area contributed by atoms with Crippen molar-refractivity contribution in [3.8, 4) is 0 Å². The van der Waals surface area contributed by atoms with E-state index in [0.717, 1.165) is 38.2 Å². The molecule has 0 bridgehead atoms. The van der Waals surface area contributed by atoms with Crippen molar-refractivity contribution in [3.63, 3.8) is 0 Å². The lowest BCUT2D eigenvalue weighted by Crippen LogP contribution is -2.23. The lowest BCUT2D eigenvalue weighted by molar-refractivity contribution is 0.126. The summed E-state index contributed by atoms with van der Waals surface area (Å²) < 4.78 is 5.50. The largest absolute Gasteiger partial charge is 0.387 e. The van der Waals surface area contributed by atoms with Crippen molar-refractivity contribution in [2.24, 2.45) is 0 Å². The molecule has 3 nitrogen and oxygen atoms in total. The molecule has 1 aromatic rings. The molecule has 0 aliphatic heterocycles. The zero-order valence-electron chi connectivity index (χ0n) is 13.8. The first-order chi connectivity index (χ1) is 10.1. The number of hydrogen-bond acceptors (Lipinski definition) is 3. The highest BCUT2D eigenvalue weighted by molar-refractivity contribution is 5.26. The van der Waals surface area contributed by atoms with Gasteiger partial charge in [-0.15, -0.1) is 0 Å². The summed E-state index contributed by atoms with van der Waals surface area (Å²) >= 11 is 0. The smallest absolute Gasteiger partial charge is 0.0914 e. The molecule has 2 N–H and O–H groups in total. The number of unbranched alkanes of at least 4 members (excludes halogenated alkanes) is 1. The van der Waals surface area contributed by atoms with E-state index in [-0.39, 0.29) is 0 Å². The van der Waals surface area contributed by atoms with Crippen LogP contribution in [0.3, 0.4) is 0 Å². The van der Waals surface area contributed by atoms with Crippen LogP contribution in [0, 0.1) is 0 Å². The Kier molecular flexibility index (Phi) is 9.31. The first-order valence-corrected chi connectivity index (χ1v) is 8.21. The molecule has 21 heavy (non-hydrogen) atoms. The third-order valence-corrected chi connectivity index (χ3v) is 3.61. The molecule has 0 spiro atoms. The number of nitrogens with one attached hydrogen (secondary N) is 1. The molecule has 0 heterocycles. The second-order valence-electron chi connectivity index (χ2n) is 5.86. The quantitative estimate of drug-likeness (QED) is 0.612. The number of aliphatic hydroxyl groups excluding tert-OH is 1. The molecule has 0 amide bonds. The van der Waals surface area contributed by atoms with Gasteiger partial charge in [-0.1, -0.05) is 51.5 Å². The normalized spacial score (nSPS) is 12.8. The zero-order chi connectivity index (χ0) is 15.5. The van der Waals surface area contributed by atoms with Crippen molar-refractivity contribution in [1.29, 1.82) is 0 Å². The Hall–Kier alpha value is -0.900. The highest BCUT2D eigenvalue weighted by Gasteiger charge is 2.07. The van der Waals surface area contributed by atoms with Crippen LogP contribution in [0.2, 0.25) is 0 Å². The van der Waals surface area contributed by atoms with E-state index >= 15 is 0 Å². The van der Waals surface area contributed by atoms with Crippen molar-refractivity contribution in [1.82, 2.24) is 5.32 Å². The van der Waals surface area contributed by atoms with Gasteiger partial charge < -0.3 is 15.2 Å². The van der Waals surface area contributed by atoms with Crippen LogP contribution >= 0.6 is 0 Å². The lowest BCUT2D eigenvalue weighted by atomic mass is 10.00. The first-order valence-electron chi connectivity index (χ1n) is 8.21. The van der Waals surface area contributed by atoms with Gasteiger partial charge in [0.15, 0.2) is 0 Å². The van der Waals surface area contributed by atoms with Crippen molar-refractivity contribution in [2.45, 2.75) is 52.1 Å². The summed E-state index contributed by atoms with van der Waals surface area (Å²) in [5.74, 6) is 0.530. The van der Waals surface area contributed by atoms with Crippen LogP contribution in [0.25, 0.3) is 0 Å². The zero-order valence-corrected chi connectivity index (χ0v) is 13.8. The maximum atomic E-state index is 10.1. The minimum absolute atomic E-state index is 0.438. The Labute approximate surface area is 129 Å². The van der Waals surface area contributed by atoms with E-state index in [2.05, 4.69) is 38.2 Å². The molecule has 120 valence electrons. The molecular formula is C18H31NO2. The summed E-state index contributed by atoms with van der Waals surface area (Å²) in [6, 6.07) is 8.25. The third-order valence-electron chi connectivity index (χ3n) is 3.61. The number of benzene rings is 1. The Morgan fingerprint density at radius 2 is 1.67 bits per heavy atom. The Morgan fingerprint density at radius 1 is 1.05 bits per heavy atom. The van der Waals surface area contributed by atoms with Crippen LogP contribution in [0.4, 0.5) is 0 Å². The van der Waals surface area contributed by atoms with Gasteiger partial charge in [0.2, 0.25) is 0 Å². The highest BCUT2D eigenvalue weighted by Crippen LogP contribution is 2.18. The van der Waals surface area contributed by atoms with Crippen LogP contribution in [0.15, 0.2) is 24.3 Å². The molecule has 0 saturated heterocycles. The van der Waals surface area contributed by atoms with Gasteiger partial charge in [-0.25, -0.2) is 0 Å². The molecule has 1 atom stereocenters. The molecule has 0 fully saturated rings. The second-order valence-corrected chi connectivity index (χ2v) is 5.86. The summed E-state index contributed by atoms with van der Waals surface area (Å²) in [5, 5.41) is 13.4. The topological polar surface area (TPSA) is 41.5 Å². The van der Waals surface area contributed by atoms with Crippen molar-refractivity contribution in [2.75, 3.05) is 26.3 Å². The summed E-state index contributed by atoms with van der Waals surface area (Å²) in [5.41, 5.74) is 2.29. The Bertz CT molecular complexity index is 362. The van der Waals surface area contributed by atoms with Gasteiger partial charge in [-0.2, -0.15) is 0 Å². The van der Waals surface area contributed by atoms with Crippen LogP contribution in [0.5, 0.6) is 0 Å². The van der Waals surface area contributed by atoms with E-state index in [4.69, 9.17) is 4.74 Å². The molecular weight excluding hydrogens is 262 g/mol. The van der Waals surface area contributed by atoms with Crippen molar-refractivity contribution >= 4 is 0 Å². The van der Waals surface area contributed by atoms with Gasteiger partial charge in [-0.05, 0) is 36.4 Å². The van der Waals surface area contributed by atoms with Crippen LogP contribution in [0.1, 0.15) is 63.2 Å². The molecule has 0 aliphatic carbocycles. The minimum Gasteiger partial charge on any atom is -0.387 e. The molecule has 0 radical (unpaired) electrons. The van der Waals surface area contributed by atoms with Crippen LogP contribution < -0.4 is 5.32 Å². The summed E-state index contributed by atoms with van der Waals surface area (Å²) in [6.45, 7) is 9.65. The van der Waals surface area contributed by atoms with Crippen LogP contribution in [-0.4, -0.2) is 31.4 Å².